The quantitative estimate of drug-likeness (QED) is 0.562. The maximum atomic E-state index is 12.1. The highest BCUT2D eigenvalue weighted by molar-refractivity contribution is 7.99. The Morgan fingerprint density at radius 2 is 2.09 bits per heavy atom. The normalized spacial score (nSPS) is 15.7. The number of aromatic nitrogens is 2. The van der Waals surface area contributed by atoms with Gasteiger partial charge < -0.3 is 14.2 Å². The topological polar surface area (TPSA) is 64.4 Å². The number of thioether (sulfide) groups is 1. The van der Waals surface area contributed by atoms with E-state index in [1.807, 2.05) is 28.9 Å². The number of aryl methyl sites for hydroxylation is 1. The van der Waals surface area contributed by atoms with E-state index in [1.165, 1.54) is 0 Å². The van der Waals surface area contributed by atoms with Crippen LogP contribution >= 0.6 is 11.8 Å². The molecule has 0 spiro atoms. The number of carbonyl (C=O) groups is 2. The van der Waals surface area contributed by atoms with E-state index in [4.69, 9.17) is 4.74 Å². The molecule has 2 heterocycles. The number of amides is 1. The van der Waals surface area contributed by atoms with Crippen LogP contribution in [-0.2, 0) is 21.4 Å². The van der Waals surface area contributed by atoms with Gasteiger partial charge in [-0.25, -0.2) is 4.98 Å². The number of piperidine rings is 1. The molecule has 2 rings (SSSR count). The van der Waals surface area contributed by atoms with E-state index in [1.54, 1.807) is 18.7 Å². The number of hydrogen-bond donors (Lipinski definition) is 0. The van der Waals surface area contributed by atoms with E-state index in [2.05, 4.69) is 4.98 Å². The zero-order chi connectivity index (χ0) is 16.7. The lowest BCUT2D eigenvalue weighted by Crippen LogP contribution is -2.39. The second-order valence-electron chi connectivity index (χ2n) is 5.76. The second kappa shape index (κ2) is 8.96. The van der Waals surface area contributed by atoms with Gasteiger partial charge in [0.15, 0.2) is 5.16 Å². The molecule has 0 radical (unpaired) electrons. The molecule has 7 heteroatoms. The number of hydrogen-bond acceptors (Lipinski definition) is 5. The molecule has 0 unspecified atom stereocenters. The third kappa shape index (κ3) is 5.57. The van der Waals surface area contributed by atoms with Gasteiger partial charge in [0.2, 0.25) is 5.91 Å². The Kier molecular flexibility index (Phi) is 6.95. The van der Waals surface area contributed by atoms with Gasteiger partial charge in [-0.3, -0.25) is 9.59 Å². The van der Waals surface area contributed by atoms with Gasteiger partial charge in [-0.15, -0.1) is 0 Å². The highest BCUT2D eigenvalue weighted by atomic mass is 32.2. The lowest BCUT2D eigenvalue weighted by atomic mass is 9.98. The van der Waals surface area contributed by atoms with Crippen molar-refractivity contribution in [2.45, 2.75) is 37.8 Å². The van der Waals surface area contributed by atoms with E-state index in [-0.39, 0.29) is 24.7 Å². The maximum Gasteiger partial charge on any atom is 0.306 e. The third-order valence-corrected chi connectivity index (χ3v) is 5.33. The van der Waals surface area contributed by atoms with Gasteiger partial charge in [0.1, 0.15) is 0 Å². The van der Waals surface area contributed by atoms with E-state index in [9.17, 15) is 9.59 Å². The van der Waals surface area contributed by atoms with Crippen LogP contribution in [0.3, 0.4) is 0 Å². The van der Waals surface area contributed by atoms with Crippen LogP contribution in [0.1, 0.15) is 32.6 Å². The molecule has 1 aromatic rings. The molecule has 1 saturated heterocycles. The average Bonchev–Trinajstić information content (AvgIpc) is 2.96. The highest BCUT2D eigenvalue weighted by Gasteiger charge is 2.23. The number of carbonyl (C=O) groups excluding carboxylic acids is 2. The maximum absolute atomic E-state index is 12.1. The molecule has 0 aromatic carbocycles. The Hall–Kier alpha value is -1.50. The van der Waals surface area contributed by atoms with Gasteiger partial charge >= 0.3 is 5.97 Å². The minimum atomic E-state index is -0.290. The molecule has 0 atom stereocenters. The van der Waals surface area contributed by atoms with E-state index < -0.39 is 0 Å². The fraction of sp³-hybridized carbons (Fsp3) is 0.688. The predicted octanol–water partition coefficient (Wildman–Crippen LogP) is 2.09. The summed E-state index contributed by atoms with van der Waals surface area (Å²) in [6.45, 7) is 3.71. The summed E-state index contributed by atoms with van der Waals surface area (Å²) < 4.78 is 6.88. The molecular formula is C16H25N3O3S. The summed E-state index contributed by atoms with van der Waals surface area (Å²) in [5.74, 6) is 1.43. The van der Waals surface area contributed by atoms with Crippen LogP contribution in [0.25, 0.3) is 0 Å². The highest BCUT2D eigenvalue weighted by Crippen LogP contribution is 2.25. The van der Waals surface area contributed by atoms with Crippen LogP contribution in [0.5, 0.6) is 0 Å². The lowest BCUT2D eigenvalue weighted by molar-refractivity contribution is -0.146. The van der Waals surface area contributed by atoms with E-state index >= 15 is 0 Å². The monoisotopic (exact) mass is 339 g/mol. The molecule has 1 aliphatic rings. The summed E-state index contributed by atoms with van der Waals surface area (Å²) in [5.41, 5.74) is 0. The Balaban J connectivity index is 1.66. The fourth-order valence-corrected chi connectivity index (χ4v) is 3.75. The van der Waals surface area contributed by atoms with Crippen molar-refractivity contribution in [2.24, 2.45) is 13.0 Å². The second-order valence-corrected chi connectivity index (χ2v) is 6.75. The molecule has 6 nitrogen and oxygen atoms in total. The smallest absolute Gasteiger partial charge is 0.306 e. The van der Waals surface area contributed by atoms with Crippen LogP contribution in [0.15, 0.2) is 17.6 Å². The van der Waals surface area contributed by atoms with Gasteiger partial charge in [-0.2, -0.15) is 0 Å². The molecule has 0 aliphatic carbocycles. The van der Waals surface area contributed by atoms with Crippen molar-refractivity contribution in [3.63, 3.8) is 0 Å². The van der Waals surface area contributed by atoms with Crippen LogP contribution in [0, 0.1) is 5.92 Å². The summed E-state index contributed by atoms with van der Waals surface area (Å²) >= 11 is 1.78. The first kappa shape index (κ1) is 17.8. The van der Waals surface area contributed by atoms with Gasteiger partial charge in [-0.1, -0.05) is 11.8 Å². The largest absolute Gasteiger partial charge is 0.466 e. The standard InChI is InChI=1S/C16H25N3O3S/c1-3-22-15(21)5-4-14(20)19-9-6-13(7-10-19)12-23-16-17-8-11-18(16)2/h8,11,13H,3-7,9-10,12H2,1-2H3. The number of rotatable bonds is 7. The molecule has 23 heavy (non-hydrogen) atoms. The van der Waals surface area contributed by atoms with Gasteiger partial charge in [-0.05, 0) is 25.7 Å². The molecule has 0 N–H and O–H groups in total. The Labute approximate surface area is 141 Å². The fourth-order valence-electron chi connectivity index (χ4n) is 2.63. The minimum absolute atomic E-state index is 0.0632. The van der Waals surface area contributed by atoms with Crippen LogP contribution in [0.4, 0.5) is 0 Å². The molecule has 1 amide bonds. The summed E-state index contributed by atoms with van der Waals surface area (Å²) in [7, 11) is 2.00. The minimum Gasteiger partial charge on any atom is -0.466 e. The summed E-state index contributed by atoms with van der Waals surface area (Å²) in [6.07, 6.45) is 6.23. The average molecular weight is 339 g/mol. The van der Waals surface area contributed by atoms with Crippen molar-refractivity contribution in [1.82, 2.24) is 14.5 Å². The Morgan fingerprint density at radius 3 is 2.70 bits per heavy atom. The van der Waals surface area contributed by atoms with Gasteiger partial charge in [0, 0.05) is 44.7 Å². The molecule has 128 valence electrons. The van der Waals surface area contributed by atoms with Gasteiger partial charge in [0.25, 0.3) is 0 Å². The first-order valence-electron chi connectivity index (χ1n) is 8.13. The van der Waals surface area contributed by atoms with Crippen molar-refractivity contribution in [3.8, 4) is 0 Å². The molecular weight excluding hydrogens is 314 g/mol. The summed E-state index contributed by atoms with van der Waals surface area (Å²) in [6, 6.07) is 0. The zero-order valence-electron chi connectivity index (χ0n) is 13.9. The van der Waals surface area contributed by atoms with Crippen LogP contribution in [-0.4, -0.2) is 51.8 Å². The Morgan fingerprint density at radius 1 is 1.35 bits per heavy atom. The van der Waals surface area contributed by atoms with Crippen molar-refractivity contribution < 1.29 is 14.3 Å². The summed E-state index contributed by atoms with van der Waals surface area (Å²) in [4.78, 5) is 29.6. The number of ether oxygens (including phenoxy) is 1. The van der Waals surface area contributed by atoms with Crippen molar-refractivity contribution in [1.29, 1.82) is 0 Å². The first-order valence-corrected chi connectivity index (χ1v) is 9.12. The van der Waals surface area contributed by atoms with Crippen LogP contribution < -0.4 is 0 Å². The third-order valence-electron chi connectivity index (χ3n) is 4.04. The molecule has 0 saturated carbocycles. The van der Waals surface area contributed by atoms with E-state index in [0.717, 1.165) is 36.8 Å². The number of imidazole rings is 1. The lowest BCUT2D eigenvalue weighted by Gasteiger charge is -2.31. The molecule has 1 aliphatic heterocycles. The first-order chi connectivity index (χ1) is 11.1. The molecule has 1 aromatic heterocycles. The summed E-state index contributed by atoms with van der Waals surface area (Å²) in [5, 5.41) is 1.04. The molecule has 0 bridgehead atoms. The zero-order valence-corrected chi connectivity index (χ0v) is 14.7. The SMILES string of the molecule is CCOC(=O)CCC(=O)N1CCC(CSc2nccn2C)CC1. The number of likely N-dealkylation sites (tertiary alicyclic amines) is 1. The van der Waals surface area contributed by atoms with Gasteiger partial charge in [0.05, 0.1) is 13.0 Å². The predicted molar refractivity (Wildman–Crippen MR) is 89.1 cm³/mol. The van der Waals surface area contributed by atoms with Crippen molar-refractivity contribution in [3.05, 3.63) is 12.4 Å². The number of nitrogens with zero attached hydrogens (tertiary/aromatic N) is 3. The van der Waals surface area contributed by atoms with Crippen molar-refractivity contribution in [2.75, 3.05) is 25.4 Å². The number of esters is 1. The van der Waals surface area contributed by atoms with E-state index in [0.29, 0.717) is 12.5 Å². The Bertz CT molecular complexity index is 524. The molecule has 1 fully saturated rings. The van der Waals surface area contributed by atoms with Crippen molar-refractivity contribution >= 4 is 23.6 Å². The van der Waals surface area contributed by atoms with Crippen LogP contribution in [0.2, 0.25) is 0 Å².